The molecule has 1 aromatic rings. The van der Waals surface area contributed by atoms with E-state index in [-0.39, 0.29) is 23.5 Å². The summed E-state index contributed by atoms with van der Waals surface area (Å²) in [4.78, 5) is 38.6. The Kier molecular flexibility index (Phi) is 9.04. The van der Waals surface area contributed by atoms with E-state index in [0.717, 1.165) is 6.42 Å². The first-order valence-corrected chi connectivity index (χ1v) is 10.6. The lowest BCUT2D eigenvalue weighted by molar-refractivity contribution is -0.151. The lowest BCUT2D eigenvalue weighted by atomic mass is 10.1. The second-order valence-corrected chi connectivity index (χ2v) is 7.43. The van der Waals surface area contributed by atoms with E-state index in [1.165, 1.54) is 0 Å². The van der Waals surface area contributed by atoms with Crippen LogP contribution in [0.4, 0.5) is 0 Å². The summed E-state index contributed by atoms with van der Waals surface area (Å²) in [7, 11) is 0. The Balaban J connectivity index is 2.00. The lowest BCUT2D eigenvalue weighted by Crippen LogP contribution is -2.60. The second kappa shape index (κ2) is 11.5. The molecular weight excluding hydrogens is 406 g/mol. The molecule has 2 rings (SSSR count). The molecule has 30 heavy (non-hydrogen) atoms. The van der Waals surface area contributed by atoms with E-state index in [1.807, 2.05) is 13.8 Å². The maximum absolute atomic E-state index is 12.6. The van der Waals surface area contributed by atoms with Crippen molar-refractivity contribution in [2.24, 2.45) is 0 Å². The third-order valence-electron chi connectivity index (χ3n) is 4.67. The van der Waals surface area contributed by atoms with Gasteiger partial charge in [-0.25, -0.2) is 0 Å². The maximum Gasteiger partial charge on any atom is 0.308 e. The first-order chi connectivity index (χ1) is 14.3. The molecular formula is C21H29N3O5S. The molecule has 0 aliphatic carbocycles. The molecule has 1 aromatic carbocycles. The largest absolute Gasteiger partial charge is 0.494 e. The van der Waals surface area contributed by atoms with Crippen molar-refractivity contribution in [3.8, 4) is 5.75 Å². The summed E-state index contributed by atoms with van der Waals surface area (Å²) >= 11 is 5.36. The molecule has 2 N–H and O–H groups in total. The molecule has 1 aliphatic rings. The summed E-state index contributed by atoms with van der Waals surface area (Å²) < 4.78 is 10.8. The smallest absolute Gasteiger partial charge is 0.308 e. The number of ether oxygens (including phenoxy) is 2. The van der Waals surface area contributed by atoms with Crippen LogP contribution in [0.5, 0.6) is 5.75 Å². The quantitative estimate of drug-likeness (QED) is 0.476. The van der Waals surface area contributed by atoms with E-state index in [0.29, 0.717) is 37.4 Å². The van der Waals surface area contributed by atoms with Crippen LogP contribution in [-0.4, -0.2) is 59.6 Å². The Morgan fingerprint density at radius 2 is 2.00 bits per heavy atom. The number of rotatable bonds is 8. The van der Waals surface area contributed by atoms with Crippen LogP contribution >= 0.6 is 12.2 Å². The van der Waals surface area contributed by atoms with Gasteiger partial charge in [0.2, 0.25) is 5.91 Å². The number of piperazine rings is 1. The highest BCUT2D eigenvalue weighted by Crippen LogP contribution is 2.14. The van der Waals surface area contributed by atoms with Gasteiger partial charge >= 0.3 is 5.97 Å². The molecule has 0 bridgehead atoms. The number of thiocarbonyl (C=S) groups is 1. The van der Waals surface area contributed by atoms with Crippen molar-refractivity contribution in [2.45, 2.75) is 52.2 Å². The van der Waals surface area contributed by atoms with Crippen molar-refractivity contribution < 1.29 is 23.9 Å². The molecule has 1 saturated heterocycles. The Bertz CT molecular complexity index is 768. The number of amides is 2. The van der Waals surface area contributed by atoms with Gasteiger partial charge in [-0.3, -0.25) is 19.7 Å². The molecule has 1 aliphatic heterocycles. The molecule has 9 heteroatoms. The fourth-order valence-electron chi connectivity index (χ4n) is 2.84. The Morgan fingerprint density at radius 1 is 1.30 bits per heavy atom. The Labute approximate surface area is 182 Å². The standard InChI is InChI=1S/C21H29N3O5S/c1-4-12-28-16-8-6-15(7-9-16)19(26)23-21(30)24-11-10-22-20(27)17(24)13-18(25)29-14(3)5-2/h6-9,14,17H,4-5,10-13H2,1-3H3,(H,22,27)(H,23,26,30). The molecule has 1 heterocycles. The van der Waals surface area contributed by atoms with E-state index in [4.69, 9.17) is 21.7 Å². The third kappa shape index (κ3) is 6.69. The average molecular weight is 436 g/mol. The summed E-state index contributed by atoms with van der Waals surface area (Å²) in [5, 5.41) is 5.47. The van der Waals surface area contributed by atoms with Gasteiger partial charge in [-0.05, 0) is 56.2 Å². The minimum Gasteiger partial charge on any atom is -0.494 e. The van der Waals surface area contributed by atoms with Crippen molar-refractivity contribution in [3.05, 3.63) is 29.8 Å². The van der Waals surface area contributed by atoms with E-state index < -0.39 is 17.9 Å². The molecule has 0 aromatic heterocycles. The number of carbonyl (C=O) groups is 3. The van der Waals surface area contributed by atoms with Crippen LogP contribution in [0.25, 0.3) is 0 Å². The monoisotopic (exact) mass is 435 g/mol. The number of hydrogen-bond donors (Lipinski definition) is 2. The van der Waals surface area contributed by atoms with Crippen molar-refractivity contribution in [1.29, 1.82) is 0 Å². The molecule has 8 nitrogen and oxygen atoms in total. The van der Waals surface area contributed by atoms with Gasteiger partial charge in [-0.1, -0.05) is 13.8 Å². The number of carbonyl (C=O) groups excluding carboxylic acids is 3. The SMILES string of the molecule is CCCOc1ccc(C(=O)NC(=S)N2CCNC(=O)C2CC(=O)OC(C)CC)cc1. The van der Waals surface area contributed by atoms with Crippen molar-refractivity contribution in [1.82, 2.24) is 15.5 Å². The average Bonchev–Trinajstić information content (AvgIpc) is 2.73. The van der Waals surface area contributed by atoms with Gasteiger partial charge in [-0.15, -0.1) is 0 Å². The molecule has 2 atom stereocenters. The minimum absolute atomic E-state index is 0.0995. The third-order valence-corrected chi connectivity index (χ3v) is 5.01. The molecule has 0 spiro atoms. The summed E-state index contributed by atoms with van der Waals surface area (Å²) in [6.07, 6.45) is 1.21. The van der Waals surface area contributed by atoms with Crippen LogP contribution in [0, 0.1) is 0 Å². The molecule has 2 unspecified atom stereocenters. The van der Waals surface area contributed by atoms with Crippen molar-refractivity contribution in [3.63, 3.8) is 0 Å². The van der Waals surface area contributed by atoms with Crippen LogP contribution in [-0.2, 0) is 14.3 Å². The highest BCUT2D eigenvalue weighted by Gasteiger charge is 2.34. The van der Waals surface area contributed by atoms with Crippen LogP contribution in [0.15, 0.2) is 24.3 Å². The van der Waals surface area contributed by atoms with Gasteiger partial charge < -0.3 is 19.7 Å². The predicted molar refractivity (Wildman–Crippen MR) is 116 cm³/mol. The summed E-state index contributed by atoms with van der Waals surface area (Å²) in [6, 6.07) is 5.90. The van der Waals surface area contributed by atoms with Gasteiger partial charge in [0.05, 0.1) is 19.1 Å². The Hall–Kier alpha value is -2.68. The topological polar surface area (TPSA) is 97.0 Å². The number of esters is 1. The maximum atomic E-state index is 12.6. The first-order valence-electron chi connectivity index (χ1n) is 10.2. The van der Waals surface area contributed by atoms with Crippen LogP contribution in [0.1, 0.15) is 50.4 Å². The van der Waals surface area contributed by atoms with Crippen molar-refractivity contribution in [2.75, 3.05) is 19.7 Å². The highest BCUT2D eigenvalue weighted by molar-refractivity contribution is 7.80. The predicted octanol–water partition coefficient (Wildman–Crippen LogP) is 2.02. The number of hydrogen-bond acceptors (Lipinski definition) is 6. The van der Waals surface area contributed by atoms with Crippen LogP contribution in [0.3, 0.4) is 0 Å². The normalized spacial score (nSPS) is 17.0. The van der Waals surface area contributed by atoms with E-state index in [2.05, 4.69) is 10.6 Å². The van der Waals surface area contributed by atoms with Gasteiger partial charge in [0.1, 0.15) is 11.8 Å². The zero-order chi connectivity index (χ0) is 22.1. The fraction of sp³-hybridized carbons (Fsp3) is 0.524. The first kappa shape index (κ1) is 23.6. The van der Waals surface area contributed by atoms with E-state index >= 15 is 0 Å². The van der Waals surface area contributed by atoms with Crippen molar-refractivity contribution >= 4 is 35.1 Å². The van der Waals surface area contributed by atoms with Gasteiger partial charge in [-0.2, -0.15) is 0 Å². The zero-order valence-corrected chi connectivity index (χ0v) is 18.4. The highest BCUT2D eigenvalue weighted by atomic mass is 32.1. The lowest BCUT2D eigenvalue weighted by Gasteiger charge is -2.36. The molecule has 164 valence electrons. The molecule has 2 amide bonds. The van der Waals surface area contributed by atoms with E-state index in [1.54, 1.807) is 36.1 Å². The van der Waals surface area contributed by atoms with E-state index in [9.17, 15) is 14.4 Å². The van der Waals surface area contributed by atoms with Gasteiger partial charge in [0.25, 0.3) is 5.91 Å². The summed E-state index contributed by atoms with van der Waals surface area (Å²) in [5.74, 6) is -0.512. The second-order valence-electron chi connectivity index (χ2n) is 7.05. The number of benzene rings is 1. The minimum atomic E-state index is -0.826. The van der Waals surface area contributed by atoms with Gasteiger partial charge in [0, 0.05) is 18.7 Å². The van der Waals surface area contributed by atoms with Crippen LogP contribution in [0.2, 0.25) is 0 Å². The Morgan fingerprint density at radius 3 is 2.63 bits per heavy atom. The number of nitrogens with zero attached hydrogens (tertiary/aromatic N) is 1. The van der Waals surface area contributed by atoms with Crippen LogP contribution < -0.4 is 15.4 Å². The molecule has 0 radical (unpaired) electrons. The molecule has 0 saturated carbocycles. The fourth-order valence-corrected chi connectivity index (χ4v) is 3.15. The summed E-state index contributed by atoms with van der Waals surface area (Å²) in [5.41, 5.74) is 0.412. The van der Waals surface area contributed by atoms with Gasteiger partial charge in [0.15, 0.2) is 5.11 Å². The zero-order valence-electron chi connectivity index (χ0n) is 17.6. The molecule has 1 fully saturated rings. The number of nitrogens with one attached hydrogen (secondary N) is 2. The summed E-state index contributed by atoms with van der Waals surface area (Å²) in [6.45, 7) is 7.07.